The van der Waals surface area contributed by atoms with Gasteiger partial charge in [0.2, 0.25) is 10.9 Å². The van der Waals surface area contributed by atoms with Crippen LogP contribution in [0.5, 0.6) is 5.75 Å². The predicted molar refractivity (Wildman–Crippen MR) is 132 cm³/mol. The van der Waals surface area contributed by atoms with Crippen molar-refractivity contribution < 1.29 is 4.74 Å². The van der Waals surface area contributed by atoms with Crippen molar-refractivity contribution in [3.63, 3.8) is 0 Å². The quantitative estimate of drug-likeness (QED) is 0.330. The average molecular weight is 477 g/mol. The van der Waals surface area contributed by atoms with Crippen molar-refractivity contribution in [1.82, 2.24) is 24.6 Å². The van der Waals surface area contributed by atoms with E-state index in [1.807, 2.05) is 72.3 Å². The molecule has 0 saturated heterocycles. The van der Waals surface area contributed by atoms with Gasteiger partial charge in [-0.1, -0.05) is 35.9 Å². The lowest BCUT2D eigenvalue weighted by molar-refractivity contribution is 0.415. The van der Waals surface area contributed by atoms with Gasteiger partial charge in [-0.25, -0.2) is 14.5 Å². The van der Waals surface area contributed by atoms with Crippen LogP contribution in [0.15, 0.2) is 53.9 Å². The van der Waals surface area contributed by atoms with Crippen LogP contribution in [-0.4, -0.2) is 31.7 Å². The van der Waals surface area contributed by atoms with E-state index in [9.17, 15) is 0 Å². The van der Waals surface area contributed by atoms with E-state index >= 15 is 0 Å². The molecule has 0 aliphatic rings. The fourth-order valence-electron chi connectivity index (χ4n) is 3.68. The molecule has 2 aromatic carbocycles. The molecule has 0 spiro atoms. The van der Waals surface area contributed by atoms with Crippen LogP contribution >= 0.6 is 22.9 Å². The number of aryl methyl sites for hydroxylation is 2. The van der Waals surface area contributed by atoms with Gasteiger partial charge in [0.15, 0.2) is 0 Å². The van der Waals surface area contributed by atoms with Gasteiger partial charge in [-0.2, -0.15) is 4.98 Å². The Labute approximate surface area is 200 Å². The largest absolute Gasteiger partial charge is 0.497 e. The SMILES string of the molecule is COc1cccc(-c2csc3nc(Nc4nc(C)nc(C)c4Cc4ccc(Cl)cc4)nn23)c1. The number of halogens is 1. The number of thiazole rings is 1. The van der Waals surface area contributed by atoms with Gasteiger partial charge < -0.3 is 10.1 Å². The molecule has 7 nitrogen and oxygen atoms in total. The number of anilines is 2. The highest BCUT2D eigenvalue weighted by atomic mass is 35.5. The standard InChI is InChI=1S/C24H21ClN6OS/c1-14-20(11-16-7-9-18(25)10-8-16)22(27-15(2)26-14)28-23-29-24-31(30-23)21(13-33-24)17-5-4-6-19(12-17)32-3/h4-10,12-13H,11H2,1-3H3,(H,26,27,28,30). The summed E-state index contributed by atoms with van der Waals surface area (Å²) >= 11 is 7.58. The third-order valence-corrected chi connectivity index (χ3v) is 6.37. The number of methoxy groups -OCH3 is 1. The van der Waals surface area contributed by atoms with Gasteiger partial charge in [-0.15, -0.1) is 16.4 Å². The van der Waals surface area contributed by atoms with Crippen LogP contribution in [-0.2, 0) is 6.42 Å². The van der Waals surface area contributed by atoms with Crippen LogP contribution in [0, 0.1) is 13.8 Å². The van der Waals surface area contributed by atoms with Crippen molar-refractivity contribution in [2.75, 3.05) is 12.4 Å². The van der Waals surface area contributed by atoms with Crippen molar-refractivity contribution in [1.29, 1.82) is 0 Å². The predicted octanol–water partition coefficient (Wildman–Crippen LogP) is 5.86. The number of aromatic nitrogens is 5. The first-order valence-electron chi connectivity index (χ1n) is 10.3. The van der Waals surface area contributed by atoms with Crippen LogP contribution in [0.1, 0.15) is 22.6 Å². The second-order valence-electron chi connectivity index (χ2n) is 7.59. The summed E-state index contributed by atoms with van der Waals surface area (Å²) in [6.07, 6.45) is 0.670. The molecule has 3 heterocycles. The van der Waals surface area contributed by atoms with Gasteiger partial charge in [0.25, 0.3) is 0 Å². The van der Waals surface area contributed by atoms with E-state index in [-0.39, 0.29) is 0 Å². The summed E-state index contributed by atoms with van der Waals surface area (Å²) in [5, 5.41) is 10.8. The minimum atomic E-state index is 0.487. The number of rotatable bonds is 6. The second-order valence-corrected chi connectivity index (χ2v) is 8.87. The lowest BCUT2D eigenvalue weighted by Gasteiger charge is -2.12. The lowest BCUT2D eigenvalue weighted by atomic mass is 10.0. The third kappa shape index (κ3) is 4.40. The van der Waals surface area contributed by atoms with Crippen LogP contribution in [0.3, 0.4) is 0 Å². The summed E-state index contributed by atoms with van der Waals surface area (Å²) in [5.74, 6) is 2.68. The number of hydrogen-bond acceptors (Lipinski definition) is 7. The minimum Gasteiger partial charge on any atom is -0.497 e. The fourth-order valence-corrected chi connectivity index (χ4v) is 4.64. The number of ether oxygens (including phenoxy) is 1. The zero-order valence-electron chi connectivity index (χ0n) is 18.3. The third-order valence-electron chi connectivity index (χ3n) is 5.30. The van der Waals surface area contributed by atoms with Gasteiger partial charge >= 0.3 is 0 Å². The molecular weight excluding hydrogens is 456 g/mol. The highest BCUT2D eigenvalue weighted by molar-refractivity contribution is 7.15. The fraction of sp³-hybridized carbons (Fsp3) is 0.167. The molecule has 3 aromatic heterocycles. The normalized spacial score (nSPS) is 11.2. The highest BCUT2D eigenvalue weighted by Gasteiger charge is 2.16. The van der Waals surface area contributed by atoms with E-state index in [1.54, 1.807) is 7.11 Å². The molecule has 0 fully saturated rings. The van der Waals surface area contributed by atoms with Crippen LogP contribution < -0.4 is 10.1 Å². The number of fused-ring (bicyclic) bond motifs is 1. The molecule has 0 unspecified atom stereocenters. The molecule has 0 bridgehead atoms. The molecule has 0 amide bonds. The number of benzene rings is 2. The maximum atomic E-state index is 6.05. The van der Waals surface area contributed by atoms with E-state index in [0.717, 1.165) is 38.8 Å². The smallest absolute Gasteiger partial charge is 0.249 e. The summed E-state index contributed by atoms with van der Waals surface area (Å²) < 4.78 is 7.20. The van der Waals surface area contributed by atoms with Gasteiger partial charge in [0.1, 0.15) is 17.4 Å². The van der Waals surface area contributed by atoms with E-state index in [0.29, 0.717) is 29.0 Å². The summed E-state index contributed by atoms with van der Waals surface area (Å²) in [5.41, 5.74) is 4.99. The summed E-state index contributed by atoms with van der Waals surface area (Å²) in [4.78, 5) is 14.7. The van der Waals surface area contributed by atoms with Crippen molar-refractivity contribution in [3.8, 4) is 17.0 Å². The molecule has 33 heavy (non-hydrogen) atoms. The van der Waals surface area contributed by atoms with Gasteiger partial charge in [0, 0.05) is 33.6 Å². The van der Waals surface area contributed by atoms with Crippen LogP contribution in [0.2, 0.25) is 5.02 Å². The monoisotopic (exact) mass is 476 g/mol. The molecule has 166 valence electrons. The molecule has 1 N–H and O–H groups in total. The molecule has 5 aromatic rings. The second kappa shape index (κ2) is 8.80. The number of nitrogens with zero attached hydrogens (tertiary/aromatic N) is 5. The van der Waals surface area contributed by atoms with Gasteiger partial charge in [-0.05, 0) is 43.7 Å². The summed E-state index contributed by atoms with van der Waals surface area (Å²) in [6.45, 7) is 3.87. The molecule has 0 saturated carbocycles. The Morgan fingerprint density at radius 3 is 2.67 bits per heavy atom. The maximum absolute atomic E-state index is 6.05. The van der Waals surface area contributed by atoms with Crippen molar-refractivity contribution in [3.05, 3.63) is 81.6 Å². The highest BCUT2D eigenvalue weighted by Crippen LogP contribution is 2.29. The van der Waals surface area contributed by atoms with Gasteiger partial charge in [0.05, 0.1) is 12.8 Å². The van der Waals surface area contributed by atoms with Crippen LogP contribution in [0.25, 0.3) is 16.2 Å². The van der Waals surface area contributed by atoms with Crippen molar-refractivity contribution in [2.24, 2.45) is 0 Å². The number of nitrogens with one attached hydrogen (secondary N) is 1. The van der Waals surface area contributed by atoms with E-state index in [4.69, 9.17) is 21.4 Å². The average Bonchev–Trinajstić information content (AvgIpc) is 3.37. The molecular formula is C24H21ClN6OS. The first-order valence-corrected chi connectivity index (χ1v) is 11.6. The molecule has 0 aliphatic heterocycles. The molecule has 0 aliphatic carbocycles. The van der Waals surface area contributed by atoms with Crippen molar-refractivity contribution in [2.45, 2.75) is 20.3 Å². The zero-order chi connectivity index (χ0) is 22.9. The Morgan fingerprint density at radius 1 is 1.06 bits per heavy atom. The molecule has 5 rings (SSSR count). The Hall–Kier alpha value is -3.49. The Kier molecular flexibility index (Phi) is 5.70. The number of hydrogen-bond donors (Lipinski definition) is 1. The zero-order valence-corrected chi connectivity index (χ0v) is 19.9. The first-order chi connectivity index (χ1) is 16.0. The van der Waals surface area contributed by atoms with Crippen LogP contribution in [0.4, 0.5) is 11.8 Å². The minimum absolute atomic E-state index is 0.487. The molecule has 0 atom stereocenters. The molecule has 9 heteroatoms. The van der Waals surface area contributed by atoms with E-state index < -0.39 is 0 Å². The Bertz CT molecular complexity index is 1440. The van der Waals surface area contributed by atoms with Gasteiger partial charge in [-0.3, -0.25) is 0 Å². The Balaban J connectivity index is 1.49. The maximum Gasteiger partial charge on any atom is 0.249 e. The van der Waals surface area contributed by atoms with E-state index in [1.165, 1.54) is 11.3 Å². The summed E-state index contributed by atoms with van der Waals surface area (Å²) in [6, 6.07) is 15.7. The Morgan fingerprint density at radius 2 is 1.88 bits per heavy atom. The molecule has 0 radical (unpaired) electrons. The van der Waals surface area contributed by atoms with Crippen molar-refractivity contribution >= 4 is 39.7 Å². The lowest BCUT2D eigenvalue weighted by Crippen LogP contribution is -2.07. The topological polar surface area (TPSA) is 77.2 Å². The summed E-state index contributed by atoms with van der Waals surface area (Å²) in [7, 11) is 1.66. The van der Waals surface area contributed by atoms with E-state index in [2.05, 4.69) is 20.3 Å². The first kappa shape index (κ1) is 21.4.